The Labute approximate surface area is 193 Å². The molecule has 6 nitrogen and oxygen atoms in total. The molecule has 0 saturated heterocycles. The summed E-state index contributed by atoms with van der Waals surface area (Å²) in [4.78, 5) is 36.2. The monoisotopic (exact) mass is 516 g/mol. The molecule has 0 amide bonds. The van der Waals surface area contributed by atoms with Crippen molar-refractivity contribution in [3.8, 4) is 0 Å². The zero-order valence-electron chi connectivity index (χ0n) is 18.2. The normalized spacial score (nSPS) is 47.6. The van der Waals surface area contributed by atoms with Crippen LogP contribution in [0.15, 0.2) is 22.2 Å². The lowest BCUT2D eigenvalue weighted by Gasteiger charge is -2.63. The van der Waals surface area contributed by atoms with E-state index in [0.717, 1.165) is 13.0 Å². The second-order valence-electron chi connectivity index (χ2n) is 10.1. The van der Waals surface area contributed by atoms with E-state index < -0.39 is 70.4 Å². The number of fused-ring (bicyclic) bond motifs is 5. The Morgan fingerprint density at radius 2 is 1.97 bits per heavy atom. The third kappa shape index (κ3) is 2.83. The molecule has 0 bridgehead atoms. The van der Waals surface area contributed by atoms with Gasteiger partial charge in [0.2, 0.25) is 5.78 Å². The number of alkyl halides is 2. The topological polar surface area (TPSA) is 101 Å². The molecule has 32 heavy (non-hydrogen) atoms. The van der Waals surface area contributed by atoms with Crippen molar-refractivity contribution >= 4 is 33.5 Å². The molecule has 2 unspecified atom stereocenters. The first kappa shape index (κ1) is 23.7. The molecule has 9 heteroatoms. The molecule has 3 fully saturated rings. The van der Waals surface area contributed by atoms with Gasteiger partial charge in [0.15, 0.2) is 18.1 Å². The summed E-state index contributed by atoms with van der Waals surface area (Å²) in [5, 5.41) is 22.6. The van der Waals surface area contributed by atoms with E-state index in [2.05, 4.69) is 15.9 Å². The number of rotatable bonds is 3. The van der Waals surface area contributed by atoms with Crippen molar-refractivity contribution < 1.29 is 38.1 Å². The number of hydrogen-bond donors (Lipinski definition) is 2. The summed E-state index contributed by atoms with van der Waals surface area (Å²) in [6.07, 6.45) is -0.993. The van der Waals surface area contributed by atoms with Crippen molar-refractivity contribution in [1.82, 2.24) is 0 Å². The van der Waals surface area contributed by atoms with Crippen LogP contribution < -0.4 is 0 Å². The molecule has 0 heterocycles. The van der Waals surface area contributed by atoms with Crippen LogP contribution in [-0.2, 0) is 19.1 Å². The highest BCUT2D eigenvalue weighted by Crippen LogP contribution is 2.70. The molecular formula is C23H27BrF2O6. The van der Waals surface area contributed by atoms with Gasteiger partial charge < -0.3 is 14.9 Å². The quantitative estimate of drug-likeness (QED) is 0.559. The van der Waals surface area contributed by atoms with E-state index in [1.807, 2.05) is 0 Å². The molecule has 8 atom stereocenters. The Morgan fingerprint density at radius 3 is 2.59 bits per heavy atom. The average Bonchev–Trinajstić information content (AvgIpc) is 2.96. The summed E-state index contributed by atoms with van der Waals surface area (Å²) in [7, 11) is 0. The number of ketones is 2. The van der Waals surface area contributed by atoms with Crippen LogP contribution in [-0.4, -0.2) is 57.9 Å². The van der Waals surface area contributed by atoms with Gasteiger partial charge in [0.25, 0.3) is 0 Å². The predicted molar refractivity (Wildman–Crippen MR) is 113 cm³/mol. The maximum atomic E-state index is 17.0. The van der Waals surface area contributed by atoms with Crippen LogP contribution in [0.4, 0.5) is 8.78 Å². The first-order chi connectivity index (χ1) is 14.7. The third-order valence-corrected chi connectivity index (χ3v) is 9.33. The van der Waals surface area contributed by atoms with E-state index in [1.54, 1.807) is 6.92 Å². The maximum Gasteiger partial charge on any atom is 0.303 e. The Morgan fingerprint density at radius 1 is 1.31 bits per heavy atom. The number of esters is 1. The number of Topliss-reactive ketones (excluding diaryl/α,β-unsaturated/α-hetero) is 1. The second kappa shape index (κ2) is 7.27. The van der Waals surface area contributed by atoms with Crippen LogP contribution in [0.25, 0.3) is 0 Å². The minimum atomic E-state index is -2.30. The molecule has 4 aliphatic carbocycles. The number of aliphatic hydroxyl groups excluding tert-OH is 1. The first-order valence-corrected chi connectivity index (χ1v) is 11.6. The van der Waals surface area contributed by atoms with Crippen LogP contribution in [0.1, 0.15) is 46.5 Å². The summed E-state index contributed by atoms with van der Waals surface area (Å²) in [5.41, 5.74) is -7.02. The predicted octanol–water partition coefficient (Wildman–Crippen LogP) is 2.89. The molecule has 2 N–H and O–H groups in total. The summed E-state index contributed by atoms with van der Waals surface area (Å²) in [6.45, 7) is 3.64. The summed E-state index contributed by atoms with van der Waals surface area (Å²) in [6, 6.07) is 0. The lowest BCUT2D eigenvalue weighted by molar-refractivity contribution is -0.222. The van der Waals surface area contributed by atoms with Gasteiger partial charge >= 0.3 is 5.97 Å². The highest BCUT2D eigenvalue weighted by atomic mass is 79.9. The standard InChI is InChI=1S/C23H27BrF2O6/c1-11(27)32-10-19(30)22(31)5-4-12-13-6-16(25)14-7-17(28)15(24)8-21(14,3)23(13,26)18(29)9-20(12,22)2/h7-8,12-13,16,18,29,31H,4-6,9-10H2,1-3H3/t12-,13-,16+,18-,20-,21-,22?,23?/m0/s1. The van der Waals surface area contributed by atoms with Crippen molar-refractivity contribution in [3.05, 3.63) is 22.2 Å². The minimum Gasteiger partial charge on any atom is -0.458 e. The largest absolute Gasteiger partial charge is 0.458 e. The fourth-order valence-electron chi connectivity index (χ4n) is 7.01. The Balaban J connectivity index is 1.77. The Kier molecular flexibility index (Phi) is 5.39. The number of halogens is 3. The highest BCUT2D eigenvalue weighted by Gasteiger charge is 2.75. The van der Waals surface area contributed by atoms with Crippen LogP contribution in [0.2, 0.25) is 0 Å². The second-order valence-corrected chi connectivity index (χ2v) is 10.9. The molecule has 4 rings (SSSR count). The van der Waals surface area contributed by atoms with Crippen LogP contribution in [0.5, 0.6) is 0 Å². The van der Waals surface area contributed by atoms with Crippen molar-refractivity contribution in [2.24, 2.45) is 22.7 Å². The maximum absolute atomic E-state index is 17.0. The lowest BCUT2D eigenvalue weighted by Crippen LogP contribution is -2.70. The highest BCUT2D eigenvalue weighted by molar-refractivity contribution is 9.12. The summed E-state index contributed by atoms with van der Waals surface area (Å²) >= 11 is 3.13. The average molecular weight is 517 g/mol. The van der Waals surface area contributed by atoms with Gasteiger partial charge in [0, 0.05) is 23.7 Å². The van der Waals surface area contributed by atoms with Gasteiger partial charge in [0.1, 0.15) is 11.8 Å². The van der Waals surface area contributed by atoms with E-state index in [4.69, 9.17) is 4.74 Å². The minimum absolute atomic E-state index is 0.00193. The van der Waals surface area contributed by atoms with E-state index in [1.165, 1.54) is 13.0 Å². The molecule has 0 radical (unpaired) electrons. The number of hydrogen-bond acceptors (Lipinski definition) is 6. The van der Waals surface area contributed by atoms with Gasteiger partial charge in [-0.2, -0.15) is 0 Å². The van der Waals surface area contributed by atoms with Gasteiger partial charge in [0.05, 0.1) is 10.6 Å². The van der Waals surface area contributed by atoms with Crippen LogP contribution >= 0.6 is 15.9 Å². The van der Waals surface area contributed by atoms with Crippen molar-refractivity contribution in [2.75, 3.05) is 6.61 Å². The van der Waals surface area contributed by atoms with E-state index >= 15 is 8.78 Å². The molecule has 0 aliphatic heterocycles. The van der Waals surface area contributed by atoms with Crippen molar-refractivity contribution in [2.45, 2.75) is 70.0 Å². The van der Waals surface area contributed by atoms with Crippen molar-refractivity contribution in [1.29, 1.82) is 0 Å². The molecule has 0 aromatic carbocycles. The van der Waals surface area contributed by atoms with Gasteiger partial charge in [-0.3, -0.25) is 14.4 Å². The number of ether oxygens (including phenoxy) is 1. The Hall–Kier alpha value is -1.45. The summed E-state index contributed by atoms with van der Waals surface area (Å²) < 4.78 is 37.3. The molecule has 0 aromatic heterocycles. The zero-order chi connectivity index (χ0) is 23.9. The third-order valence-electron chi connectivity index (χ3n) is 8.71. The SMILES string of the molecule is CC(=O)OCC(=O)C1(O)CC[C@H]2[C@@H]3C[C@@H](F)C4=CC(=O)C(Br)=C[C@]4(C)C3(F)[C@@H](O)C[C@@]21C. The zero-order valence-corrected chi connectivity index (χ0v) is 19.7. The van der Waals surface area contributed by atoms with Gasteiger partial charge in [-0.25, -0.2) is 8.78 Å². The van der Waals surface area contributed by atoms with E-state index in [-0.39, 0.29) is 35.7 Å². The van der Waals surface area contributed by atoms with Gasteiger partial charge in [-0.15, -0.1) is 0 Å². The molecule has 0 aromatic rings. The number of carbonyl (C=O) groups is 3. The molecule has 0 spiro atoms. The van der Waals surface area contributed by atoms with Crippen molar-refractivity contribution in [3.63, 3.8) is 0 Å². The molecule has 3 saturated carbocycles. The van der Waals surface area contributed by atoms with Crippen LogP contribution in [0.3, 0.4) is 0 Å². The van der Waals surface area contributed by atoms with E-state index in [9.17, 15) is 24.6 Å². The molecule has 176 valence electrons. The number of carbonyl (C=O) groups excluding carboxylic acids is 3. The first-order valence-electron chi connectivity index (χ1n) is 10.8. The fourth-order valence-corrected chi connectivity index (χ4v) is 7.58. The Bertz CT molecular complexity index is 964. The van der Waals surface area contributed by atoms with Gasteiger partial charge in [-0.1, -0.05) is 13.0 Å². The molecular weight excluding hydrogens is 490 g/mol. The number of allylic oxidation sites excluding steroid dienone is 4. The van der Waals surface area contributed by atoms with E-state index in [0.29, 0.717) is 0 Å². The van der Waals surface area contributed by atoms with Gasteiger partial charge in [-0.05, 0) is 66.1 Å². The lowest BCUT2D eigenvalue weighted by atomic mass is 9.44. The fraction of sp³-hybridized carbons (Fsp3) is 0.696. The summed E-state index contributed by atoms with van der Waals surface area (Å²) in [5.74, 6) is -3.42. The molecule has 4 aliphatic rings. The number of aliphatic hydroxyl groups is 2. The van der Waals surface area contributed by atoms with Crippen LogP contribution in [0, 0.1) is 22.7 Å². The smallest absolute Gasteiger partial charge is 0.303 e.